The Bertz CT molecular complexity index is 1490. The number of likely N-dealkylation sites (tertiary alicyclic amines) is 1. The predicted octanol–water partition coefficient (Wildman–Crippen LogP) is 5.75. The lowest BCUT2D eigenvalue weighted by Gasteiger charge is -2.41. The number of fused-ring (bicyclic) bond motifs is 1. The molecule has 2 aromatic rings. The SMILES string of the molecule is C=CCN(Cc1ccccc1)C(=O)[C@H]1[C@@H]2SC3(CC2Br)C(C(=O)N(CC=C)c2ccc(N(CC)CC)cc2)N([C@@H](CO)C(C)C)C(=O)[C@H]13. The maximum atomic E-state index is 15.1. The van der Waals surface area contributed by atoms with Gasteiger partial charge in [0, 0.05) is 54.2 Å². The van der Waals surface area contributed by atoms with Crippen LogP contribution in [0.3, 0.4) is 0 Å². The Morgan fingerprint density at radius 1 is 1.02 bits per heavy atom. The molecule has 3 aliphatic heterocycles. The maximum Gasteiger partial charge on any atom is 0.251 e. The monoisotopic (exact) mass is 736 g/mol. The molecule has 3 saturated heterocycles. The first kappa shape index (κ1) is 36.2. The fraction of sp³-hybridized carbons (Fsp3) is 0.500. The van der Waals surface area contributed by atoms with Crippen molar-refractivity contribution in [1.82, 2.24) is 9.80 Å². The van der Waals surface area contributed by atoms with Crippen LogP contribution in [0.4, 0.5) is 11.4 Å². The molecule has 258 valence electrons. The summed E-state index contributed by atoms with van der Waals surface area (Å²) in [6.07, 6.45) is 3.99. The molecule has 48 heavy (non-hydrogen) atoms. The van der Waals surface area contributed by atoms with Gasteiger partial charge in [-0.2, -0.15) is 0 Å². The molecule has 3 amide bonds. The number of benzene rings is 2. The van der Waals surface area contributed by atoms with E-state index < -0.39 is 28.7 Å². The first-order valence-corrected chi connectivity index (χ1v) is 18.8. The predicted molar refractivity (Wildman–Crippen MR) is 199 cm³/mol. The average molecular weight is 738 g/mol. The van der Waals surface area contributed by atoms with Crippen LogP contribution in [0.1, 0.15) is 39.7 Å². The topological polar surface area (TPSA) is 84.4 Å². The van der Waals surface area contributed by atoms with Crippen LogP contribution in [-0.2, 0) is 20.9 Å². The third-order valence-electron chi connectivity index (χ3n) is 10.3. The Morgan fingerprint density at radius 3 is 2.21 bits per heavy atom. The largest absolute Gasteiger partial charge is 0.394 e. The smallest absolute Gasteiger partial charge is 0.251 e. The molecule has 8 nitrogen and oxygen atoms in total. The molecule has 3 aliphatic rings. The fourth-order valence-electron chi connectivity index (χ4n) is 8.04. The second-order valence-electron chi connectivity index (χ2n) is 13.3. The van der Waals surface area contributed by atoms with Crippen molar-refractivity contribution >= 4 is 56.8 Å². The molecule has 1 N–H and O–H groups in total. The number of carbonyl (C=O) groups is 3. The summed E-state index contributed by atoms with van der Waals surface area (Å²) in [6, 6.07) is 16.3. The molecule has 2 bridgehead atoms. The molecule has 2 aromatic carbocycles. The minimum atomic E-state index is -0.869. The van der Waals surface area contributed by atoms with Crippen molar-refractivity contribution in [1.29, 1.82) is 0 Å². The highest BCUT2D eigenvalue weighted by atomic mass is 79.9. The minimum absolute atomic E-state index is 0.0640. The quantitative estimate of drug-likeness (QED) is 0.185. The van der Waals surface area contributed by atoms with E-state index in [0.717, 1.165) is 24.3 Å². The summed E-state index contributed by atoms with van der Waals surface area (Å²) in [4.78, 5) is 51.9. The van der Waals surface area contributed by atoms with E-state index in [4.69, 9.17) is 0 Å². The number of alkyl halides is 1. The fourth-order valence-corrected chi connectivity index (χ4v) is 11.6. The van der Waals surface area contributed by atoms with Crippen LogP contribution in [0.25, 0.3) is 0 Å². The Kier molecular flexibility index (Phi) is 11.5. The van der Waals surface area contributed by atoms with Crippen LogP contribution in [0.2, 0.25) is 0 Å². The summed E-state index contributed by atoms with van der Waals surface area (Å²) in [7, 11) is 0. The number of thioether (sulfide) groups is 1. The molecule has 0 aromatic heterocycles. The van der Waals surface area contributed by atoms with Crippen molar-refractivity contribution < 1.29 is 19.5 Å². The van der Waals surface area contributed by atoms with Crippen LogP contribution < -0.4 is 9.80 Å². The summed E-state index contributed by atoms with van der Waals surface area (Å²) in [6.45, 7) is 18.5. The van der Waals surface area contributed by atoms with Crippen molar-refractivity contribution in [3.05, 3.63) is 85.5 Å². The van der Waals surface area contributed by atoms with Crippen LogP contribution in [0.5, 0.6) is 0 Å². The number of hydrogen-bond donors (Lipinski definition) is 1. The lowest BCUT2D eigenvalue weighted by atomic mass is 9.70. The van der Waals surface area contributed by atoms with E-state index in [2.05, 4.69) is 47.8 Å². The number of aliphatic hydroxyl groups is 1. The number of amides is 3. The third kappa shape index (κ3) is 6.36. The highest BCUT2D eigenvalue weighted by molar-refractivity contribution is 9.09. The standard InChI is InChI=1S/C38H49BrN4O4S/c1-7-20-41(23-26-14-12-11-13-15-26)35(45)31-32-36(46)43(30(24-44)25(5)6)34(38(32)22-29(39)33(31)48-38)37(47)42(21-8-2)28-18-16-27(17-19-28)40(9-3)10-4/h7-8,11-19,25,29-34,44H,1-2,9-10,20-24H2,3-6H3/t29?,30-,31+,32-,33+,34?,38?/m0/s1. The summed E-state index contributed by atoms with van der Waals surface area (Å²) in [5.41, 5.74) is 2.78. The van der Waals surface area contributed by atoms with Gasteiger partial charge in [-0.15, -0.1) is 24.9 Å². The summed E-state index contributed by atoms with van der Waals surface area (Å²) in [5, 5.41) is 10.5. The molecule has 3 unspecified atom stereocenters. The molecule has 3 heterocycles. The first-order chi connectivity index (χ1) is 23.1. The number of rotatable bonds is 15. The van der Waals surface area contributed by atoms with Crippen molar-refractivity contribution in [2.24, 2.45) is 17.8 Å². The molecule has 5 rings (SSSR count). The van der Waals surface area contributed by atoms with Crippen LogP contribution in [0.15, 0.2) is 79.9 Å². The van der Waals surface area contributed by atoms with Gasteiger partial charge in [-0.05, 0) is 56.0 Å². The van der Waals surface area contributed by atoms with Gasteiger partial charge in [-0.1, -0.05) is 72.3 Å². The van der Waals surface area contributed by atoms with Crippen molar-refractivity contribution in [2.75, 3.05) is 42.6 Å². The van der Waals surface area contributed by atoms with Gasteiger partial charge in [0.1, 0.15) is 6.04 Å². The number of hydrogen-bond acceptors (Lipinski definition) is 6. The number of aliphatic hydroxyl groups excluding tert-OH is 1. The van der Waals surface area contributed by atoms with Crippen LogP contribution >= 0.6 is 27.7 Å². The molecule has 1 spiro atoms. The van der Waals surface area contributed by atoms with Gasteiger partial charge in [0.2, 0.25) is 11.8 Å². The molecule has 0 radical (unpaired) electrons. The van der Waals surface area contributed by atoms with Crippen LogP contribution in [-0.4, -0.2) is 92.3 Å². The number of halogens is 1. The van der Waals surface area contributed by atoms with Gasteiger partial charge in [-0.3, -0.25) is 14.4 Å². The van der Waals surface area contributed by atoms with E-state index >= 15 is 4.79 Å². The first-order valence-electron chi connectivity index (χ1n) is 17.0. The Labute approximate surface area is 298 Å². The highest BCUT2D eigenvalue weighted by Crippen LogP contribution is 2.68. The normalized spacial score (nSPS) is 26.4. The van der Waals surface area contributed by atoms with Gasteiger partial charge in [-0.25, -0.2) is 0 Å². The molecular weight excluding hydrogens is 688 g/mol. The Morgan fingerprint density at radius 2 is 1.65 bits per heavy atom. The van der Waals surface area contributed by atoms with E-state index in [1.165, 1.54) is 0 Å². The van der Waals surface area contributed by atoms with Gasteiger partial charge < -0.3 is 24.7 Å². The van der Waals surface area contributed by atoms with Crippen LogP contribution in [0, 0.1) is 17.8 Å². The third-order valence-corrected chi connectivity index (χ3v) is 13.5. The van der Waals surface area contributed by atoms with Gasteiger partial charge in [0.25, 0.3) is 5.91 Å². The lowest BCUT2D eigenvalue weighted by molar-refractivity contribution is -0.146. The zero-order valence-electron chi connectivity index (χ0n) is 28.5. The number of carbonyl (C=O) groups excluding carboxylic acids is 3. The molecule has 10 heteroatoms. The minimum Gasteiger partial charge on any atom is -0.394 e. The van der Waals surface area contributed by atoms with Gasteiger partial charge in [0.15, 0.2) is 0 Å². The van der Waals surface area contributed by atoms with E-state index in [9.17, 15) is 14.7 Å². The molecular formula is C38H49BrN4O4S. The zero-order chi connectivity index (χ0) is 34.7. The van der Waals surface area contributed by atoms with Gasteiger partial charge >= 0.3 is 0 Å². The summed E-state index contributed by atoms with van der Waals surface area (Å²) in [5.74, 6) is -1.98. The Balaban J connectivity index is 1.58. The molecule has 3 fully saturated rings. The van der Waals surface area contributed by atoms with E-state index in [1.54, 1.807) is 38.6 Å². The second-order valence-corrected chi connectivity index (χ2v) is 16.0. The molecule has 0 aliphatic carbocycles. The molecule has 7 atom stereocenters. The van der Waals surface area contributed by atoms with Gasteiger partial charge in [0.05, 0.1) is 29.2 Å². The maximum absolute atomic E-state index is 15.1. The van der Waals surface area contributed by atoms with Crippen molar-refractivity contribution in [3.8, 4) is 0 Å². The van der Waals surface area contributed by atoms with E-state index in [1.807, 2.05) is 68.4 Å². The number of nitrogens with zero attached hydrogens (tertiary/aromatic N) is 4. The van der Waals surface area contributed by atoms with Crippen molar-refractivity contribution in [3.63, 3.8) is 0 Å². The Hall–Kier alpha value is -3.08. The van der Waals surface area contributed by atoms with Crippen molar-refractivity contribution in [2.45, 2.75) is 67.6 Å². The second kappa shape index (κ2) is 15.2. The number of anilines is 2. The zero-order valence-corrected chi connectivity index (χ0v) is 30.9. The lowest BCUT2D eigenvalue weighted by Crippen LogP contribution is -2.59. The average Bonchev–Trinajstić information content (AvgIpc) is 3.68. The highest BCUT2D eigenvalue weighted by Gasteiger charge is 2.76. The summed E-state index contributed by atoms with van der Waals surface area (Å²) >= 11 is 5.52. The van der Waals surface area contributed by atoms with E-state index in [-0.39, 0.29) is 46.9 Å². The molecule has 0 saturated carbocycles. The van der Waals surface area contributed by atoms with E-state index in [0.29, 0.717) is 25.2 Å². The summed E-state index contributed by atoms with van der Waals surface area (Å²) < 4.78 is -0.844.